The van der Waals surface area contributed by atoms with Crippen LogP contribution in [0, 0.1) is 0 Å². The fourth-order valence-corrected chi connectivity index (χ4v) is 6.84. The molecule has 4 rings (SSSR count). The molecule has 0 saturated heterocycles. The highest BCUT2D eigenvalue weighted by molar-refractivity contribution is 7.91. The molecule has 0 bridgehead atoms. The molecule has 3 aromatic rings. The lowest BCUT2D eigenvalue weighted by molar-refractivity contribution is -0.125. The van der Waals surface area contributed by atoms with Crippen LogP contribution in [-0.2, 0) is 27.8 Å². The Labute approximate surface area is 172 Å². The minimum atomic E-state index is -3.75. The topological polar surface area (TPSA) is 66.5 Å². The van der Waals surface area contributed by atoms with Crippen molar-refractivity contribution in [1.82, 2.24) is 9.62 Å². The third-order valence-corrected chi connectivity index (χ3v) is 9.18. The Hall–Kier alpha value is -2.00. The van der Waals surface area contributed by atoms with Crippen molar-refractivity contribution in [3.05, 3.63) is 75.3 Å². The van der Waals surface area contributed by atoms with Gasteiger partial charge in [0.1, 0.15) is 10.3 Å². The summed E-state index contributed by atoms with van der Waals surface area (Å²) >= 11 is 2.74. The third kappa shape index (κ3) is 3.65. The van der Waals surface area contributed by atoms with E-state index in [4.69, 9.17) is 0 Å². The molecule has 1 N–H and O–H groups in total. The van der Waals surface area contributed by atoms with Crippen LogP contribution in [0.1, 0.15) is 29.0 Å². The van der Waals surface area contributed by atoms with E-state index in [0.29, 0.717) is 6.42 Å². The first-order chi connectivity index (χ1) is 13.5. The van der Waals surface area contributed by atoms with Crippen LogP contribution in [0.3, 0.4) is 0 Å². The Kier molecular flexibility index (Phi) is 5.37. The van der Waals surface area contributed by atoms with E-state index >= 15 is 0 Å². The molecule has 3 heterocycles. The number of nitrogens with zero attached hydrogens (tertiary/aromatic N) is 1. The molecule has 1 aliphatic rings. The van der Waals surface area contributed by atoms with Crippen molar-refractivity contribution in [2.75, 3.05) is 0 Å². The smallest absolute Gasteiger partial charge is 0.253 e. The van der Waals surface area contributed by atoms with Crippen LogP contribution >= 0.6 is 22.7 Å². The highest BCUT2D eigenvalue weighted by atomic mass is 32.2. The zero-order chi connectivity index (χ0) is 19.7. The van der Waals surface area contributed by atoms with Gasteiger partial charge in [-0.1, -0.05) is 36.4 Å². The number of hydrogen-bond acceptors (Lipinski definition) is 5. The lowest BCUT2D eigenvalue weighted by Crippen LogP contribution is -2.52. The molecular formula is C20H20N2O3S3. The minimum absolute atomic E-state index is 0.170. The molecule has 2 unspecified atom stereocenters. The Balaban J connectivity index is 1.67. The number of fused-ring (bicyclic) bond motifs is 1. The van der Waals surface area contributed by atoms with Crippen LogP contribution in [0.4, 0.5) is 0 Å². The Morgan fingerprint density at radius 2 is 1.79 bits per heavy atom. The number of nitrogens with one attached hydrogen (secondary N) is 1. The summed E-state index contributed by atoms with van der Waals surface area (Å²) in [6.07, 6.45) is 0.365. The average molecular weight is 433 g/mol. The van der Waals surface area contributed by atoms with E-state index in [0.717, 1.165) is 16.0 Å². The number of carbonyl (C=O) groups excluding carboxylic acids is 1. The maximum Gasteiger partial charge on any atom is 0.253 e. The highest BCUT2D eigenvalue weighted by Gasteiger charge is 2.40. The second-order valence-electron chi connectivity index (χ2n) is 6.72. The van der Waals surface area contributed by atoms with Gasteiger partial charge >= 0.3 is 0 Å². The second-order valence-corrected chi connectivity index (χ2v) is 10.8. The molecule has 146 valence electrons. The lowest BCUT2D eigenvalue weighted by atomic mass is 9.95. The van der Waals surface area contributed by atoms with E-state index in [1.807, 2.05) is 48.7 Å². The summed E-state index contributed by atoms with van der Waals surface area (Å²) < 4.78 is 28.1. The summed E-state index contributed by atoms with van der Waals surface area (Å²) in [7, 11) is -3.75. The Morgan fingerprint density at radius 3 is 2.46 bits per heavy atom. The second kappa shape index (κ2) is 7.79. The van der Waals surface area contributed by atoms with E-state index < -0.39 is 16.1 Å². The summed E-state index contributed by atoms with van der Waals surface area (Å²) in [5.41, 5.74) is 1.96. The van der Waals surface area contributed by atoms with Gasteiger partial charge in [-0.3, -0.25) is 4.79 Å². The van der Waals surface area contributed by atoms with Gasteiger partial charge in [0, 0.05) is 11.4 Å². The van der Waals surface area contributed by atoms with Gasteiger partial charge in [-0.2, -0.15) is 4.31 Å². The summed E-state index contributed by atoms with van der Waals surface area (Å²) in [6.45, 7) is 2.11. The van der Waals surface area contributed by atoms with Crippen molar-refractivity contribution in [3.63, 3.8) is 0 Å². The number of sulfonamides is 1. The van der Waals surface area contributed by atoms with Gasteiger partial charge < -0.3 is 5.32 Å². The van der Waals surface area contributed by atoms with Crippen LogP contribution in [0.5, 0.6) is 0 Å². The maximum absolute atomic E-state index is 13.2. The van der Waals surface area contributed by atoms with E-state index in [1.54, 1.807) is 28.8 Å². The van der Waals surface area contributed by atoms with Crippen LogP contribution < -0.4 is 5.32 Å². The SMILES string of the molecule is CC(NC(=O)C1Cc2ccccc2CN1S(=O)(=O)c1cccs1)c1cccs1. The predicted molar refractivity (Wildman–Crippen MR) is 112 cm³/mol. The molecule has 0 aliphatic carbocycles. The van der Waals surface area contributed by atoms with Crippen LogP contribution in [0.2, 0.25) is 0 Å². The van der Waals surface area contributed by atoms with Gasteiger partial charge in [-0.15, -0.1) is 22.7 Å². The third-order valence-electron chi connectivity index (χ3n) is 4.89. The quantitative estimate of drug-likeness (QED) is 0.667. The van der Waals surface area contributed by atoms with E-state index in [-0.39, 0.29) is 22.7 Å². The fraction of sp³-hybridized carbons (Fsp3) is 0.250. The van der Waals surface area contributed by atoms with E-state index in [9.17, 15) is 13.2 Å². The molecule has 1 aromatic carbocycles. The number of rotatable bonds is 5. The molecule has 2 aromatic heterocycles. The first kappa shape index (κ1) is 19.3. The lowest BCUT2D eigenvalue weighted by Gasteiger charge is -2.35. The summed E-state index contributed by atoms with van der Waals surface area (Å²) in [5, 5.41) is 6.69. The van der Waals surface area contributed by atoms with Crippen LogP contribution in [0.25, 0.3) is 0 Å². The van der Waals surface area contributed by atoms with Gasteiger partial charge in [0.25, 0.3) is 10.0 Å². The van der Waals surface area contributed by atoms with Gasteiger partial charge in [-0.05, 0) is 47.4 Å². The van der Waals surface area contributed by atoms with Gasteiger partial charge in [0.2, 0.25) is 5.91 Å². The molecule has 0 fully saturated rings. The van der Waals surface area contributed by atoms with E-state index in [1.165, 1.54) is 15.6 Å². The number of carbonyl (C=O) groups is 1. The normalized spacial score (nSPS) is 18.4. The van der Waals surface area contributed by atoms with E-state index in [2.05, 4.69) is 5.32 Å². The zero-order valence-corrected chi connectivity index (χ0v) is 17.7. The molecule has 28 heavy (non-hydrogen) atoms. The fourth-order valence-electron chi connectivity index (χ4n) is 3.42. The minimum Gasteiger partial charge on any atom is -0.347 e. The molecular weight excluding hydrogens is 412 g/mol. The molecule has 5 nitrogen and oxygen atoms in total. The molecule has 1 amide bonds. The molecule has 0 radical (unpaired) electrons. The molecule has 1 aliphatic heterocycles. The highest BCUT2D eigenvalue weighted by Crippen LogP contribution is 2.31. The van der Waals surface area contributed by atoms with Gasteiger partial charge in [-0.25, -0.2) is 8.42 Å². The first-order valence-corrected chi connectivity index (χ1v) is 12.1. The number of amides is 1. The van der Waals surface area contributed by atoms with Gasteiger partial charge in [0.05, 0.1) is 6.04 Å². The van der Waals surface area contributed by atoms with Crippen molar-refractivity contribution in [3.8, 4) is 0 Å². The maximum atomic E-state index is 13.2. The average Bonchev–Trinajstić information content (AvgIpc) is 3.40. The summed E-state index contributed by atoms with van der Waals surface area (Å²) in [5.74, 6) is -0.268. The molecule has 2 atom stereocenters. The van der Waals surface area contributed by atoms with Gasteiger partial charge in [0.15, 0.2) is 0 Å². The number of hydrogen-bond donors (Lipinski definition) is 1. The molecule has 0 saturated carbocycles. The number of thiophene rings is 2. The van der Waals surface area contributed by atoms with Crippen LogP contribution in [-0.4, -0.2) is 24.7 Å². The Morgan fingerprint density at radius 1 is 1.07 bits per heavy atom. The zero-order valence-electron chi connectivity index (χ0n) is 15.2. The van der Waals surface area contributed by atoms with Crippen molar-refractivity contribution < 1.29 is 13.2 Å². The standard InChI is InChI=1S/C20H20N2O3S3/c1-14(18-8-4-10-26-18)21-20(23)17-12-15-6-2-3-7-16(15)13-22(17)28(24,25)19-9-5-11-27-19/h2-11,14,17H,12-13H2,1H3,(H,21,23). The monoisotopic (exact) mass is 432 g/mol. The first-order valence-electron chi connectivity index (χ1n) is 8.92. The molecule has 0 spiro atoms. The largest absolute Gasteiger partial charge is 0.347 e. The van der Waals surface area contributed by atoms with Crippen molar-refractivity contribution in [2.24, 2.45) is 0 Å². The van der Waals surface area contributed by atoms with Crippen molar-refractivity contribution in [2.45, 2.75) is 36.2 Å². The van der Waals surface area contributed by atoms with Crippen molar-refractivity contribution in [1.29, 1.82) is 0 Å². The predicted octanol–water partition coefficient (Wildman–Crippen LogP) is 3.80. The summed E-state index contributed by atoms with van der Waals surface area (Å²) in [6, 6.07) is 14.0. The molecule has 8 heteroatoms. The summed E-state index contributed by atoms with van der Waals surface area (Å²) in [4.78, 5) is 14.2. The number of benzene rings is 1. The van der Waals surface area contributed by atoms with Crippen LogP contribution in [0.15, 0.2) is 63.5 Å². The Bertz CT molecular complexity index is 1060. The van der Waals surface area contributed by atoms with Crippen molar-refractivity contribution >= 4 is 38.6 Å².